The number of H-pyrrole nitrogens is 3. The highest BCUT2D eigenvalue weighted by Gasteiger charge is 2.53. The zero-order valence-corrected chi connectivity index (χ0v) is 66.1. The number of ketones is 1. The zero-order chi connectivity index (χ0) is 89.5. The van der Waals surface area contributed by atoms with Gasteiger partial charge in [0.1, 0.15) is 35.6 Å². The number of hydrogen-bond donors (Lipinski definition) is 8. The van der Waals surface area contributed by atoms with Crippen LogP contribution in [0.4, 0.5) is 79.0 Å². The number of alkyl halides is 18. The third kappa shape index (κ3) is 20.3. The Labute approximate surface area is 683 Å². The Morgan fingerprint density at radius 1 is 0.385 bits per heavy atom. The van der Waals surface area contributed by atoms with Gasteiger partial charge in [-0.05, 0) is 160 Å². The number of ether oxygens (including phenoxy) is 3. The third-order valence-corrected chi connectivity index (χ3v) is 22.9. The van der Waals surface area contributed by atoms with Gasteiger partial charge in [-0.3, -0.25) is 18.5 Å². The molecular formula is C81H86F18N14O9. The first kappa shape index (κ1) is 93.5. The summed E-state index contributed by atoms with van der Waals surface area (Å²) in [6.07, 6.45) is -27.0. The molecule has 0 radical (unpaired) electrons. The van der Waals surface area contributed by atoms with Crippen LogP contribution in [0.2, 0.25) is 0 Å². The van der Waals surface area contributed by atoms with Crippen molar-refractivity contribution in [1.82, 2.24) is 60.2 Å². The van der Waals surface area contributed by atoms with Crippen LogP contribution < -0.4 is 33.0 Å². The number of nitrogens with one attached hydrogen (secondary N) is 6. The monoisotopic (exact) mass is 1740 g/mol. The van der Waals surface area contributed by atoms with Crippen LogP contribution in [0.5, 0.6) is 0 Å². The van der Waals surface area contributed by atoms with Crippen molar-refractivity contribution in [3.05, 3.63) is 263 Å². The molecule has 6 heterocycles. The van der Waals surface area contributed by atoms with E-state index in [-0.39, 0.29) is 112 Å². The second kappa shape index (κ2) is 36.7. The molecule has 3 fully saturated rings. The molecule has 41 heteroatoms. The number of rotatable bonds is 24. The predicted octanol–water partition coefficient (Wildman–Crippen LogP) is 16.5. The molecular weight excluding hydrogens is 1650 g/mol. The van der Waals surface area contributed by atoms with E-state index < -0.39 is 139 Å². The third-order valence-electron chi connectivity index (χ3n) is 22.9. The summed E-state index contributed by atoms with van der Waals surface area (Å²) >= 11 is 0. The van der Waals surface area contributed by atoms with Gasteiger partial charge in [-0.1, -0.05) is 122 Å². The predicted molar refractivity (Wildman–Crippen MR) is 405 cm³/mol. The molecule has 3 saturated heterocycles. The molecule has 9 aromatic rings. The Balaban J connectivity index is 0.000000192. The van der Waals surface area contributed by atoms with E-state index in [4.69, 9.17) is 14.2 Å². The van der Waals surface area contributed by atoms with Crippen LogP contribution in [-0.4, -0.2) is 111 Å². The quantitative estimate of drug-likeness (QED) is 0.0121. The van der Waals surface area contributed by atoms with E-state index in [1.54, 1.807) is 75.4 Å². The van der Waals surface area contributed by atoms with Crippen LogP contribution in [0.15, 0.2) is 189 Å². The molecule has 0 aliphatic carbocycles. The van der Waals surface area contributed by atoms with Gasteiger partial charge in [-0.25, -0.2) is 29.7 Å². The maximum absolute atomic E-state index is 13.4. The fourth-order valence-electron chi connectivity index (χ4n) is 15.8. The molecule has 0 unspecified atom stereocenters. The second-order valence-electron chi connectivity index (χ2n) is 30.0. The number of halogens is 18. The Morgan fingerprint density at radius 3 is 0.811 bits per heavy atom. The lowest BCUT2D eigenvalue weighted by atomic mass is 9.73. The Bertz CT molecular complexity index is 4950. The smallest absolute Gasteiger partial charge is 0.411 e. The number of aromatic nitrogens is 9. The lowest BCUT2D eigenvalue weighted by molar-refractivity contribution is -0.145. The van der Waals surface area contributed by atoms with Gasteiger partial charge in [0.05, 0.1) is 99.6 Å². The molecule has 3 aliphatic rings. The van der Waals surface area contributed by atoms with Gasteiger partial charge in [0.2, 0.25) is 0 Å². The molecule has 9 atom stereocenters. The van der Waals surface area contributed by atoms with E-state index in [1.807, 2.05) is 36.4 Å². The van der Waals surface area contributed by atoms with Crippen LogP contribution >= 0.6 is 0 Å². The number of piperidine rings is 3. The van der Waals surface area contributed by atoms with Gasteiger partial charge in [0.25, 0.3) is 0 Å². The molecule has 122 heavy (non-hydrogen) atoms. The number of nitrogens with zero attached hydrogens (tertiary/aromatic N) is 8. The van der Waals surface area contributed by atoms with Gasteiger partial charge in [-0.15, -0.1) is 0 Å². The van der Waals surface area contributed by atoms with Crippen molar-refractivity contribution in [2.24, 2.45) is 10.3 Å². The van der Waals surface area contributed by atoms with Crippen molar-refractivity contribution in [3.8, 4) is 0 Å². The summed E-state index contributed by atoms with van der Waals surface area (Å²) in [7, 11) is 0. The second-order valence-corrected chi connectivity index (χ2v) is 30.0. The normalized spacial score (nSPS) is 22.9. The number of Topliss-reactive ketones (excluding diaryl/α,β-unsaturated/α-hetero) is 1. The summed E-state index contributed by atoms with van der Waals surface area (Å²) in [6.45, 7) is 9.22. The maximum Gasteiger partial charge on any atom is 0.416 e. The first-order valence-corrected chi connectivity index (χ1v) is 38.2. The lowest BCUT2D eigenvalue weighted by Crippen LogP contribution is -2.63. The van der Waals surface area contributed by atoms with Crippen molar-refractivity contribution in [3.63, 3.8) is 0 Å². The minimum atomic E-state index is -4.98. The number of carbonyl (C=O) groups is 1. The first-order valence-electron chi connectivity index (χ1n) is 38.2. The number of benzene rings is 6. The van der Waals surface area contributed by atoms with Crippen molar-refractivity contribution in [1.29, 1.82) is 0 Å². The highest BCUT2D eigenvalue weighted by Crippen LogP contribution is 2.47. The van der Waals surface area contributed by atoms with Crippen molar-refractivity contribution < 1.29 is 108 Å². The maximum atomic E-state index is 13.4. The van der Waals surface area contributed by atoms with E-state index in [0.29, 0.717) is 73.5 Å². The van der Waals surface area contributed by atoms with Crippen molar-refractivity contribution in [2.45, 2.75) is 188 Å². The molecule has 6 aromatic carbocycles. The molecule has 0 spiro atoms. The summed E-state index contributed by atoms with van der Waals surface area (Å²) in [5, 5.41) is 54.9. The van der Waals surface area contributed by atoms with E-state index in [2.05, 4.69) is 56.9 Å². The largest absolute Gasteiger partial charge is 0.416 e. The summed E-state index contributed by atoms with van der Waals surface area (Å²) < 4.78 is 263. The minimum absolute atomic E-state index is 0.0214. The van der Waals surface area contributed by atoms with E-state index in [0.717, 1.165) is 16.7 Å². The summed E-state index contributed by atoms with van der Waals surface area (Å²) in [4.78, 5) is 50.6. The highest BCUT2D eigenvalue weighted by atomic mass is 19.4. The molecule has 3 aliphatic heterocycles. The lowest BCUT2D eigenvalue weighted by Gasteiger charge is -2.48. The Kier molecular flexibility index (Phi) is 28.2. The van der Waals surface area contributed by atoms with Crippen molar-refractivity contribution >= 4 is 17.2 Å². The molecule has 660 valence electrons. The average molecular weight is 1740 g/mol. The molecule has 3 aromatic heterocycles. The highest BCUT2D eigenvalue weighted by molar-refractivity contribution is 5.92. The van der Waals surface area contributed by atoms with E-state index >= 15 is 0 Å². The van der Waals surface area contributed by atoms with Crippen molar-refractivity contribution in [2.75, 3.05) is 39.5 Å². The molecule has 23 nitrogen and oxygen atoms in total. The van der Waals surface area contributed by atoms with E-state index in [1.165, 1.54) is 53.5 Å². The molecule has 0 amide bonds. The zero-order valence-electron chi connectivity index (χ0n) is 66.1. The fourth-order valence-corrected chi connectivity index (χ4v) is 15.8. The Hall–Kier alpha value is -10.8. The van der Waals surface area contributed by atoms with Gasteiger partial charge >= 0.3 is 54.1 Å². The standard InChI is InChI=1S/2C27H29F6N5O3.C27H28F6N4O3/c2*1-3-22(37-40)25(38-16-35-36-23(38)39)10-9-24(34-14-25,19-7-5-4-6-8-19)15-41-17(2)18-11-20(26(28,29)30)13-21(12-18)27(31,32)33;1-3-22(38)25(37-16-35-36-23(37)39)10-9-24(34-14-25,19-7-5-4-6-8-19)15-40-17(2)18-11-20(26(28,29)30)13-21(12-18)27(31,32)33/h2*4-8,11-13,16-17,34,40H,3,9-10,14-15H2,1-2H3,(H,36,39);4-8,11-13,16-17,34H,3,9-10,14-15H2,1-2H3,(H,36,39)/b2*37-22+;/t3*17-,24-,25+/m111/s1. The summed E-state index contributed by atoms with van der Waals surface area (Å²) in [6, 6.07) is 31.2. The Morgan fingerprint density at radius 2 is 0.623 bits per heavy atom. The molecule has 12 rings (SSSR count). The summed E-state index contributed by atoms with van der Waals surface area (Å²) in [5.41, 5.74) is -14.2. The number of aromatic amines is 3. The van der Waals surface area contributed by atoms with Crippen LogP contribution in [0, 0.1) is 0 Å². The van der Waals surface area contributed by atoms with Gasteiger partial charge in [0, 0.05) is 26.1 Å². The van der Waals surface area contributed by atoms with Gasteiger partial charge in [0.15, 0.2) is 5.78 Å². The molecule has 0 bridgehead atoms. The average Bonchev–Trinajstić information content (AvgIpc) is 1.15. The van der Waals surface area contributed by atoms with Crippen LogP contribution in [0.1, 0.15) is 184 Å². The van der Waals surface area contributed by atoms with Crippen LogP contribution in [0.25, 0.3) is 0 Å². The van der Waals surface area contributed by atoms with Gasteiger partial charge < -0.3 is 40.6 Å². The van der Waals surface area contributed by atoms with Crippen LogP contribution in [-0.2, 0) is 89.3 Å². The minimum Gasteiger partial charge on any atom is -0.411 e. The topological polar surface area (TPSA) is 298 Å². The van der Waals surface area contributed by atoms with E-state index in [9.17, 15) is 109 Å². The van der Waals surface area contributed by atoms with Crippen LogP contribution in [0.3, 0.4) is 0 Å². The number of carbonyl (C=O) groups excluding carboxylic acids is 1. The summed E-state index contributed by atoms with van der Waals surface area (Å²) in [5.74, 6) is -0.192. The fraction of sp³-hybridized carbons (Fsp3) is 0.444. The first-order chi connectivity index (χ1) is 57.2. The SMILES string of the molecule is CC/C(=N\O)[C@]1(n2cn[nH]c2=O)CC[C@@](CO[C@H](C)c2cc(C(F)(F)F)cc(C(F)(F)F)c2)(c2ccccc2)NC1.CC/C(=N\O)[C@]1(n2cn[nH]c2=O)CC[C@@](CO[C@H](C)c2cc(C(F)(F)F)cc(C(F)(F)F)c2)(c2ccccc2)NC1.CCC(=O)[C@]1(n2cn[nH]c2=O)CC[C@@](CO[C@H](C)c2cc(C(F)(F)F)cc(C(F)(F)F)c2)(c2ccccc2)NC1. The number of oxime groups is 2. The number of hydrogen-bond acceptors (Lipinski definition) is 17. The van der Waals surface area contributed by atoms with Gasteiger partial charge in [-0.2, -0.15) is 94.3 Å². The molecule has 8 N–H and O–H groups in total. The molecule has 0 saturated carbocycles.